The molecule has 2 atom stereocenters. The average molecular weight is 292 g/mol. The van der Waals surface area contributed by atoms with Crippen LogP contribution in [0.25, 0.3) is 10.2 Å². The zero-order valence-electron chi connectivity index (χ0n) is 11.5. The number of amidine groups is 1. The highest BCUT2D eigenvalue weighted by Crippen LogP contribution is 2.28. The molecule has 0 saturated heterocycles. The molecule has 5 N–H and O–H groups in total. The van der Waals surface area contributed by atoms with E-state index in [2.05, 4.69) is 9.98 Å². The van der Waals surface area contributed by atoms with E-state index < -0.39 is 6.10 Å². The predicted molar refractivity (Wildman–Crippen MR) is 84.0 cm³/mol. The topological polar surface area (TPSA) is 97.5 Å². The van der Waals surface area contributed by atoms with Gasteiger partial charge in [-0.2, -0.15) is 0 Å². The van der Waals surface area contributed by atoms with E-state index in [0.29, 0.717) is 23.8 Å². The normalized spacial score (nSPS) is 15.4. The van der Waals surface area contributed by atoms with Crippen LogP contribution in [-0.2, 0) is 0 Å². The monoisotopic (exact) mass is 292 g/mol. The van der Waals surface area contributed by atoms with Crippen LogP contribution in [0, 0.1) is 0 Å². The van der Waals surface area contributed by atoms with Crippen molar-refractivity contribution in [2.24, 2.45) is 16.5 Å². The lowest BCUT2D eigenvalue weighted by atomic mass is 10.1. The lowest BCUT2D eigenvalue weighted by Crippen LogP contribution is -2.28. The quantitative estimate of drug-likeness (QED) is 0.430. The standard InChI is InChI=1S/C14H20N4OS/c1-9(15)17-8-4-5-10(16)13(19)14-18-11-6-2-3-7-12(11)20-14/h2-3,6-7,10,13,19H,4-5,8,16H2,1H3,(H2,15,17). The van der Waals surface area contributed by atoms with Crippen molar-refractivity contribution < 1.29 is 5.11 Å². The molecule has 0 amide bonds. The van der Waals surface area contributed by atoms with Crippen molar-refractivity contribution in [3.63, 3.8) is 0 Å². The van der Waals surface area contributed by atoms with Crippen LogP contribution in [0.15, 0.2) is 29.3 Å². The minimum Gasteiger partial charge on any atom is -0.388 e. The number of fused-ring (bicyclic) bond motifs is 1. The number of aliphatic imine (C=N–C) groups is 1. The summed E-state index contributed by atoms with van der Waals surface area (Å²) in [5, 5.41) is 10.9. The molecule has 0 bridgehead atoms. The molecule has 0 aliphatic carbocycles. The summed E-state index contributed by atoms with van der Waals surface area (Å²) in [6.45, 7) is 2.40. The van der Waals surface area contributed by atoms with E-state index in [0.717, 1.165) is 16.6 Å². The molecule has 0 saturated carbocycles. The highest BCUT2D eigenvalue weighted by molar-refractivity contribution is 7.18. The van der Waals surface area contributed by atoms with E-state index in [-0.39, 0.29) is 6.04 Å². The van der Waals surface area contributed by atoms with E-state index >= 15 is 0 Å². The van der Waals surface area contributed by atoms with E-state index in [1.54, 1.807) is 6.92 Å². The Morgan fingerprint density at radius 3 is 2.90 bits per heavy atom. The van der Waals surface area contributed by atoms with Crippen LogP contribution in [0.4, 0.5) is 0 Å². The Labute approximate surface area is 122 Å². The first-order valence-corrected chi connectivity index (χ1v) is 7.45. The lowest BCUT2D eigenvalue weighted by Gasteiger charge is -2.15. The van der Waals surface area contributed by atoms with Crippen LogP contribution >= 0.6 is 11.3 Å². The number of para-hydroxylation sites is 1. The van der Waals surface area contributed by atoms with E-state index in [4.69, 9.17) is 11.5 Å². The Bertz CT molecular complexity index is 559. The minimum atomic E-state index is -0.727. The maximum atomic E-state index is 10.3. The molecule has 0 fully saturated rings. The maximum Gasteiger partial charge on any atom is 0.124 e. The van der Waals surface area contributed by atoms with Gasteiger partial charge in [-0.25, -0.2) is 4.98 Å². The predicted octanol–water partition coefficient (Wildman–Crippen LogP) is 1.81. The SMILES string of the molecule is CC(N)=NCCCC(N)C(O)c1nc2ccccc2s1. The molecule has 0 spiro atoms. The number of aliphatic hydroxyl groups is 1. The molecular weight excluding hydrogens is 272 g/mol. The number of rotatable bonds is 6. The molecule has 2 unspecified atom stereocenters. The number of nitrogens with two attached hydrogens (primary N) is 2. The number of aromatic nitrogens is 1. The number of benzene rings is 1. The van der Waals surface area contributed by atoms with E-state index in [9.17, 15) is 5.11 Å². The zero-order valence-corrected chi connectivity index (χ0v) is 12.3. The van der Waals surface area contributed by atoms with Crippen LogP contribution in [0.2, 0.25) is 0 Å². The molecule has 2 rings (SSSR count). The third kappa shape index (κ3) is 3.75. The fourth-order valence-electron chi connectivity index (χ4n) is 1.94. The molecule has 108 valence electrons. The third-order valence-corrected chi connectivity index (χ3v) is 4.13. The largest absolute Gasteiger partial charge is 0.388 e. The van der Waals surface area contributed by atoms with Gasteiger partial charge in [-0.05, 0) is 31.9 Å². The molecule has 1 aromatic heterocycles. The Morgan fingerprint density at radius 2 is 2.20 bits per heavy atom. The van der Waals surface area contributed by atoms with Gasteiger partial charge in [0.05, 0.1) is 16.1 Å². The molecule has 1 heterocycles. The van der Waals surface area contributed by atoms with Crippen LogP contribution < -0.4 is 11.5 Å². The molecule has 1 aromatic carbocycles. The lowest BCUT2D eigenvalue weighted by molar-refractivity contribution is 0.141. The van der Waals surface area contributed by atoms with Crippen molar-refractivity contribution in [3.8, 4) is 0 Å². The Kier molecular flexibility index (Phi) is 5.05. The molecule has 20 heavy (non-hydrogen) atoms. The van der Waals surface area contributed by atoms with Crippen LogP contribution in [0.1, 0.15) is 30.9 Å². The Balaban J connectivity index is 1.95. The molecular formula is C14H20N4OS. The summed E-state index contributed by atoms with van der Waals surface area (Å²) in [6, 6.07) is 7.50. The fourth-order valence-corrected chi connectivity index (χ4v) is 2.97. The van der Waals surface area contributed by atoms with Gasteiger partial charge in [0.2, 0.25) is 0 Å². The van der Waals surface area contributed by atoms with Gasteiger partial charge in [-0.3, -0.25) is 4.99 Å². The van der Waals surface area contributed by atoms with E-state index in [1.807, 2.05) is 24.3 Å². The summed E-state index contributed by atoms with van der Waals surface area (Å²) in [4.78, 5) is 8.54. The van der Waals surface area contributed by atoms with Crippen molar-refractivity contribution >= 4 is 27.4 Å². The van der Waals surface area contributed by atoms with Crippen molar-refractivity contribution in [3.05, 3.63) is 29.3 Å². The van der Waals surface area contributed by atoms with Crippen molar-refractivity contribution in [1.82, 2.24) is 4.98 Å². The third-order valence-electron chi connectivity index (χ3n) is 3.03. The van der Waals surface area contributed by atoms with Gasteiger partial charge in [-0.15, -0.1) is 11.3 Å². The van der Waals surface area contributed by atoms with Gasteiger partial charge < -0.3 is 16.6 Å². The average Bonchev–Trinajstić information content (AvgIpc) is 2.86. The zero-order chi connectivity index (χ0) is 14.5. The first kappa shape index (κ1) is 14.9. The van der Waals surface area contributed by atoms with Crippen LogP contribution in [0.5, 0.6) is 0 Å². The molecule has 6 heteroatoms. The number of aliphatic hydroxyl groups excluding tert-OH is 1. The van der Waals surface area contributed by atoms with Gasteiger partial charge in [0.1, 0.15) is 11.1 Å². The first-order valence-electron chi connectivity index (χ1n) is 6.63. The van der Waals surface area contributed by atoms with Crippen molar-refractivity contribution in [2.45, 2.75) is 31.9 Å². The summed E-state index contributed by atoms with van der Waals surface area (Å²) >= 11 is 1.49. The number of hydrogen-bond donors (Lipinski definition) is 3. The summed E-state index contributed by atoms with van der Waals surface area (Å²) in [5.74, 6) is 0.574. The van der Waals surface area contributed by atoms with Gasteiger partial charge >= 0.3 is 0 Å². The first-order chi connectivity index (χ1) is 9.58. The molecule has 5 nitrogen and oxygen atoms in total. The summed E-state index contributed by atoms with van der Waals surface area (Å²) in [7, 11) is 0. The fraction of sp³-hybridized carbons (Fsp3) is 0.429. The smallest absolute Gasteiger partial charge is 0.124 e. The van der Waals surface area contributed by atoms with Gasteiger partial charge in [-0.1, -0.05) is 12.1 Å². The molecule has 0 radical (unpaired) electrons. The molecule has 2 aromatic rings. The number of nitrogens with zero attached hydrogens (tertiary/aromatic N) is 2. The summed E-state index contributed by atoms with van der Waals surface area (Å²) < 4.78 is 1.07. The molecule has 0 aliphatic rings. The second-order valence-corrected chi connectivity index (χ2v) is 5.86. The minimum absolute atomic E-state index is 0.330. The summed E-state index contributed by atoms with van der Waals surface area (Å²) in [6.07, 6.45) is 0.765. The number of thiazole rings is 1. The second-order valence-electron chi connectivity index (χ2n) is 4.79. The maximum absolute atomic E-state index is 10.3. The second kappa shape index (κ2) is 6.78. The highest BCUT2D eigenvalue weighted by Gasteiger charge is 2.20. The van der Waals surface area contributed by atoms with Crippen LogP contribution in [-0.4, -0.2) is 28.5 Å². The van der Waals surface area contributed by atoms with Gasteiger partial charge in [0, 0.05) is 12.6 Å². The van der Waals surface area contributed by atoms with Crippen LogP contribution in [0.3, 0.4) is 0 Å². The van der Waals surface area contributed by atoms with E-state index in [1.165, 1.54) is 11.3 Å². The highest BCUT2D eigenvalue weighted by atomic mass is 32.1. The van der Waals surface area contributed by atoms with Gasteiger partial charge in [0.25, 0.3) is 0 Å². The van der Waals surface area contributed by atoms with Gasteiger partial charge in [0.15, 0.2) is 0 Å². The Hall–Kier alpha value is -1.50. The van der Waals surface area contributed by atoms with Crippen molar-refractivity contribution in [2.75, 3.05) is 6.54 Å². The van der Waals surface area contributed by atoms with Crippen molar-refractivity contribution in [1.29, 1.82) is 0 Å². The summed E-state index contributed by atoms with van der Waals surface area (Å²) in [5.41, 5.74) is 12.4. The Morgan fingerprint density at radius 1 is 1.45 bits per heavy atom. The molecule has 0 aliphatic heterocycles. The number of hydrogen-bond acceptors (Lipinski definition) is 5.